The van der Waals surface area contributed by atoms with Crippen LogP contribution in [-0.4, -0.2) is 31.2 Å². The fourth-order valence-electron chi connectivity index (χ4n) is 3.15. The van der Waals surface area contributed by atoms with Gasteiger partial charge in [-0.3, -0.25) is 0 Å². The van der Waals surface area contributed by atoms with Crippen molar-refractivity contribution in [3.05, 3.63) is 65.2 Å². The van der Waals surface area contributed by atoms with E-state index in [1.165, 1.54) is 12.3 Å². The first-order valence-electron chi connectivity index (χ1n) is 9.30. The van der Waals surface area contributed by atoms with E-state index in [-0.39, 0.29) is 16.4 Å². The number of hydrogen-bond acceptors (Lipinski definition) is 6. The van der Waals surface area contributed by atoms with Crippen LogP contribution in [0.1, 0.15) is 16.7 Å². The number of hydrogen-bond donors (Lipinski definition) is 2. The molecule has 1 heterocycles. The highest BCUT2D eigenvalue weighted by molar-refractivity contribution is 14.1. The van der Waals surface area contributed by atoms with Crippen LogP contribution in [0.4, 0.5) is 20.5 Å². The molecule has 0 saturated carbocycles. The molecule has 0 unspecified atom stereocenters. The first-order valence-corrected chi connectivity index (χ1v) is 12.3. The number of sulfone groups is 1. The number of rotatable bonds is 7. The van der Waals surface area contributed by atoms with E-state index in [1.54, 1.807) is 49.4 Å². The molecule has 0 aliphatic heterocycles. The molecule has 0 aliphatic rings. The van der Waals surface area contributed by atoms with Gasteiger partial charge in [0, 0.05) is 52.6 Å². The molecule has 3 rings (SSSR count). The highest BCUT2D eigenvalue weighted by atomic mass is 127. The molecule has 6 nitrogen and oxygen atoms in total. The average molecular weight is 558 g/mol. The maximum absolute atomic E-state index is 13.9. The van der Waals surface area contributed by atoms with Gasteiger partial charge in [-0.05, 0) is 36.6 Å². The van der Waals surface area contributed by atoms with E-state index < -0.39 is 13.8 Å². The zero-order valence-corrected chi connectivity index (χ0v) is 19.8. The van der Waals surface area contributed by atoms with Crippen LogP contribution < -0.4 is 11.1 Å². The summed E-state index contributed by atoms with van der Waals surface area (Å²) in [5.41, 5.74) is 8.16. The number of nitrogen functional groups attached to an aromatic ring is 1. The summed E-state index contributed by atoms with van der Waals surface area (Å²) in [5, 5.41) is 3.15. The van der Waals surface area contributed by atoms with Crippen LogP contribution in [0, 0.1) is 6.92 Å². The van der Waals surface area contributed by atoms with Gasteiger partial charge in [0.15, 0.2) is 9.84 Å². The van der Waals surface area contributed by atoms with Crippen LogP contribution >= 0.6 is 22.6 Å². The molecular formula is C21H21F2IN4O2S. The van der Waals surface area contributed by atoms with Crippen LogP contribution in [0.3, 0.4) is 0 Å². The van der Waals surface area contributed by atoms with Crippen molar-refractivity contribution in [2.45, 2.75) is 22.2 Å². The summed E-state index contributed by atoms with van der Waals surface area (Å²) >= 11 is 1.11. The number of alkyl halides is 3. The van der Waals surface area contributed by atoms with Gasteiger partial charge >= 0.3 is 3.93 Å². The second-order valence-corrected chi connectivity index (χ2v) is 10.4. The molecule has 0 amide bonds. The molecule has 0 bridgehead atoms. The third-order valence-corrected chi connectivity index (χ3v) is 6.44. The second kappa shape index (κ2) is 9.03. The van der Waals surface area contributed by atoms with Gasteiger partial charge in [-0.15, -0.1) is 0 Å². The summed E-state index contributed by atoms with van der Waals surface area (Å²) in [6.07, 6.45) is 1.79. The first-order chi connectivity index (χ1) is 14.4. The molecule has 0 spiro atoms. The topological polar surface area (TPSA) is 98.0 Å². The van der Waals surface area contributed by atoms with Crippen molar-refractivity contribution in [2.75, 3.05) is 23.9 Å². The Balaban J connectivity index is 1.77. The summed E-state index contributed by atoms with van der Waals surface area (Å²) in [6, 6.07) is 13.0. The van der Waals surface area contributed by atoms with Gasteiger partial charge in [-0.2, -0.15) is 13.8 Å². The monoisotopic (exact) mass is 558 g/mol. The van der Waals surface area contributed by atoms with Gasteiger partial charge in [0.2, 0.25) is 5.95 Å². The molecule has 3 N–H and O–H groups in total. The Morgan fingerprint density at radius 2 is 1.81 bits per heavy atom. The smallest absolute Gasteiger partial charge is 0.321 e. The summed E-state index contributed by atoms with van der Waals surface area (Å²) < 4.78 is 47.8. The second-order valence-electron chi connectivity index (χ2n) is 7.07. The largest absolute Gasteiger partial charge is 0.370 e. The van der Waals surface area contributed by atoms with Crippen LogP contribution in [0.15, 0.2) is 53.4 Å². The van der Waals surface area contributed by atoms with Crippen LogP contribution in [0.25, 0.3) is 11.3 Å². The summed E-state index contributed by atoms with van der Waals surface area (Å²) in [5.74, 6) is 0.504. The number of nitrogens with zero attached hydrogens (tertiary/aromatic N) is 2. The van der Waals surface area contributed by atoms with Crippen LogP contribution in [-0.2, 0) is 20.2 Å². The van der Waals surface area contributed by atoms with Gasteiger partial charge in [0.25, 0.3) is 0 Å². The van der Waals surface area contributed by atoms with Gasteiger partial charge < -0.3 is 11.1 Å². The quantitative estimate of drug-likeness (QED) is 0.326. The maximum atomic E-state index is 13.9. The molecule has 0 fully saturated rings. The number of nitrogens with one attached hydrogen (secondary N) is 1. The minimum Gasteiger partial charge on any atom is -0.370 e. The van der Waals surface area contributed by atoms with Crippen LogP contribution in [0.5, 0.6) is 0 Å². The van der Waals surface area contributed by atoms with E-state index in [2.05, 4.69) is 15.3 Å². The average Bonchev–Trinajstić information content (AvgIpc) is 2.66. The van der Waals surface area contributed by atoms with E-state index >= 15 is 0 Å². The lowest BCUT2D eigenvalue weighted by Gasteiger charge is -2.16. The summed E-state index contributed by atoms with van der Waals surface area (Å²) in [6.45, 7) is 2.14. The molecule has 10 heteroatoms. The van der Waals surface area contributed by atoms with E-state index in [9.17, 15) is 17.2 Å². The Kier molecular flexibility index (Phi) is 6.79. The van der Waals surface area contributed by atoms with Gasteiger partial charge in [-0.1, -0.05) is 30.3 Å². The van der Waals surface area contributed by atoms with Gasteiger partial charge in [0.1, 0.15) is 5.82 Å². The molecule has 0 saturated heterocycles. The lowest BCUT2D eigenvalue weighted by atomic mass is 10.00. The number of nitrogens with two attached hydrogens (primary N) is 1. The number of benzene rings is 2. The van der Waals surface area contributed by atoms with Crippen molar-refractivity contribution in [2.24, 2.45) is 0 Å². The molecule has 164 valence electrons. The number of aromatic nitrogens is 2. The molecule has 31 heavy (non-hydrogen) atoms. The predicted octanol–water partition coefficient (Wildman–Crippen LogP) is 4.58. The molecule has 0 aliphatic carbocycles. The number of anilines is 2. The minimum atomic E-state index is -3.23. The van der Waals surface area contributed by atoms with Crippen LogP contribution in [0.2, 0.25) is 0 Å². The van der Waals surface area contributed by atoms with Crippen molar-refractivity contribution < 1.29 is 17.2 Å². The van der Waals surface area contributed by atoms with E-state index in [4.69, 9.17) is 5.73 Å². The third kappa shape index (κ3) is 5.88. The first kappa shape index (κ1) is 23.3. The predicted molar refractivity (Wildman–Crippen MR) is 126 cm³/mol. The Hall–Kier alpha value is -2.34. The molecule has 1 aromatic heterocycles. The Morgan fingerprint density at radius 1 is 1.13 bits per heavy atom. The zero-order valence-electron chi connectivity index (χ0n) is 16.9. The van der Waals surface area contributed by atoms with Gasteiger partial charge in [0.05, 0.1) is 10.6 Å². The lowest BCUT2D eigenvalue weighted by molar-refractivity contribution is 0.127. The Bertz CT molecular complexity index is 1200. The van der Waals surface area contributed by atoms with Crippen molar-refractivity contribution in [3.8, 4) is 11.3 Å². The SMILES string of the molecule is Cc1c(-c2cc(NCCc3ccc(S(C)(=O)=O)cc3)nc(N)n2)cccc1C(F)(F)I. The van der Waals surface area contributed by atoms with E-state index in [0.29, 0.717) is 35.6 Å². The minimum absolute atomic E-state index is 0.0311. The highest BCUT2D eigenvalue weighted by Crippen LogP contribution is 2.39. The van der Waals surface area contributed by atoms with E-state index in [1.807, 2.05) is 0 Å². The molecule has 2 aromatic carbocycles. The van der Waals surface area contributed by atoms with Crippen molar-refractivity contribution in [3.63, 3.8) is 0 Å². The molecule has 0 atom stereocenters. The summed E-state index contributed by atoms with van der Waals surface area (Å²) in [7, 11) is -3.23. The van der Waals surface area contributed by atoms with Crippen molar-refractivity contribution in [1.82, 2.24) is 9.97 Å². The number of halogens is 3. The summed E-state index contributed by atoms with van der Waals surface area (Å²) in [4.78, 5) is 8.64. The molecule has 0 radical (unpaired) electrons. The lowest BCUT2D eigenvalue weighted by Crippen LogP contribution is -2.10. The standard InChI is InChI=1S/C21H21F2IN4O2S/c1-13-16(4-3-5-17(13)21(22,23)24)18-12-19(28-20(25)27-18)26-11-10-14-6-8-15(9-7-14)31(2,29)30/h3-9,12H,10-11H2,1-2H3,(H3,25,26,27,28). The molecular weight excluding hydrogens is 537 g/mol. The molecule has 3 aromatic rings. The fraction of sp³-hybridized carbons (Fsp3) is 0.238. The fourth-order valence-corrected chi connectivity index (χ4v) is 4.37. The maximum Gasteiger partial charge on any atom is 0.321 e. The Morgan fingerprint density at radius 3 is 2.42 bits per heavy atom. The third-order valence-electron chi connectivity index (χ3n) is 4.73. The highest BCUT2D eigenvalue weighted by Gasteiger charge is 2.29. The zero-order chi connectivity index (χ0) is 22.8. The van der Waals surface area contributed by atoms with Gasteiger partial charge in [-0.25, -0.2) is 13.4 Å². The normalized spacial score (nSPS) is 12.0. The van der Waals surface area contributed by atoms with E-state index in [0.717, 1.165) is 28.2 Å². The Labute approximate surface area is 193 Å². The van der Waals surface area contributed by atoms with Crippen molar-refractivity contribution >= 4 is 44.2 Å². The van der Waals surface area contributed by atoms with Crippen molar-refractivity contribution in [1.29, 1.82) is 0 Å².